The molecule has 27 heavy (non-hydrogen) atoms. The van der Waals surface area contributed by atoms with Crippen LogP contribution in [-0.2, 0) is 16.0 Å². The highest BCUT2D eigenvalue weighted by atomic mass is 16.5. The lowest BCUT2D eigenvalue weighted by atomic mass is 10.1. The lowest BCUT2D eigenvalue weighted by Crippen LogP contribution is -2.21. The quantitative estimate of drug-likeness (QED) is 0.770. The van der Waals surface area contributed by atoms with E-state index in [1.165, 1.54) is 0 Å². The maximum Gasteiger partial charge on any atom is 0.228 e. The van der Waals surface area contributed by atoms with Gasteiger partial charge >= 0.3 is 0 Å². The maximum absolute atomic E-state index is 12.4. The summed E-state index contributed by atoms with van der Waals surface area (Å²) in [5.41, 5.74) is 2.63. The molecule has 2 amide bonds. The Hall–Kier alpha value is -2.82. The van der Waals surface area contributed by atoms with Gasteiger partial charge in [0.1, 0.15) is 5.75 Å². The topological polar surface area (TPSA) is 67.4 Å². The molecular weight excluding hydrogens is 340 g/mol. The molecule has 1 saturated carbocycles. The van der Waals surface area contributed by atoms with Gasteiger partial charge in [0.05, 0.1) is 17.9 Å². The second-order valence-corrected chi connectivity index (χ2v) is 7.13. The maximum atomic E-state index is 12.4. The molecule has 0 radical (unpaired) electrons. The third kappa shape index (κ3) is 4.88. The van der Waals surface area contributed by atoms with Crippen molar-refractivity contribution in [1.29, 1.82) is 0 Å². The smallest absolute Gasteiger partial charge is 0.228 e. The minimum Gasteiger partial charge on any atom is -0.491 e. The highest BCUT2D eigenvalue weighted by molar-refractivity contribution is 6.03. The van der Waals surface area contributed by atoms with Crippen molar-refractivity contribution in [2.75, 3.05) is 10.6 Å². The fourth-order valence-electron chi connectivity index (χ4n) is 3.07. The number of para-hydroxylation sites is 1. The van der Waals surface area contributed by atoms with Crippen LogP contribution in [0.1, 0.15) is 32.8 Å². The molecule has 2 unspecified atom stereocenters. The second kappa shape index (κ2) is 8.25. The van der Waals surface area contributed by atoms with Crippen molar-refractivity contribution in [1.82, 2.24) is 0 Å². The average Bonchev–Trinajstić information content (AvgIpc) is 3.44. The zero-order valence-electron chi connectivity index (χ0n) is 16.0. The fourth-order valence-corrected chi connectivity index (χ4v) is 3.07. The molecule has 0 heterocycles. The Bertz CT molecular complexity index is 815. The highest BCUT2D eigenvalue weighted by Crippen LogP contribution is 2.40. The van der Waals surface area contributed by atoms with Gasteiger partial charge in [0, 0.05) is 11.4 Å². The van der Waals surface area contributed by atoms with E-state index >= 15 is 0 Å². The number of ether oxygens (including phenoxy) is 1. The Labute approximate surface area is 160 Å². The van der Waals surface area contributed by atoms with E-state index in [0.29, 0.717) is 12.1 Å². The van der Waals surface area contributed by atoms with Gasteiger partial charge in [-0.25, -0.2) is 0 Å². The Kier molecular flexibility index (Phi) is 5.79. The van der Waals surface area contributed by atoms with Crippen molar-refractivity contribution in [3.05, 3.63) is 54.1 Å². The van der Waals surface area contributed by atoms with Gasteiger partial charge in [-0.15, -0.1) is 0 Å². The van der Waals surface area contributed by atoms with Gasteiger partial charge in [0.25, 0.3) is 0 Å². The van der Waals surface area contributed by atoms with Gasteiger partial charge in [-0.05, 0) is 62.6 Å². The number of rotatable bonds is 7. The first-order valence-corrected chi connectivity index (χ1v) is 9.44. The minimum absolute atomic E-state index is 0.0864. The summed E-state index contributed by atoms with van der Waals surface area (Å²) in [6.07, 6.45) is 1.54. The Morgan fingerprint density at radius 1 is 1.00 bits per heavy atom. The van der Waals surface area contributed by atoms with Crippen molar-refractivity contribution < 1.29 is 14.3 Å². The van der Waals surface area contributed by atoms with Gasteiger partial charge in [0.2, 0.25) is 11.8 Å². The Morgan fingerprint density at radius 3 is 2.26 bits per heavy atom. The van der Waals surface area contributed by atoms with Crippen LogP contribution in [0.25, 0.3) is 0 Å². The summed E-state index contributed by atoms with van der Waals surface area (Å²) in [6.45, 7) is 5.98. The van der Waals surface area contributed by atoms with E-state index < -0.39 is 0 Å². The summed E-state index contributed by atoms with van der Waals surface area (Å²) in [4.78, 5) is 24.9. The molecule has 2 aromatic carbocycles. The zero-order chi connectivity index (χ0) is 19.4. The van der Waals surface area contributed by atoms with E-state index in [2.05, 4.69) is 17.6 Å². The van der Waals surface area contributed by atoms with Gasteiger partial charge < -0.3 is 15.4 Å². The van der Waals surface area contributed by atoms with Gasteiger partial charge in [-0.3, -0.25) is 9.59 Å². The molecule has 2 atom stereocenters. The van der Waals surface area contributed by atoms with E-state index in [9.17, 15) is 9.59 Å². The van der Waals surface area contributed by atoms with E-state index in [0.717, 1.165) is 23.4 Å². The van der Waals surface area contributed by atoms with Crippen molar-refractivity contribution >= 4 is 23.2 Å². The van der Waals surface area contributed by atoms with Gasteiger partial charge in [-0.2, -0.15) is 0 Å². The van der Waals surface area contributed by atoms with Crippen LogP contribution in [0.15, 0.2) is 48.5 Å². The number of hydrogen-bond donors (Lipinski definition) is 2. The van der Waals surface area contributed by atoms with Gasteiger partial charge in [0.15, 0.2) is 0 Å². The molecule has 0 saturated heterocycles. The summed E-state index contributed by atoms with van der Waals surface area (Å²) >= 11 is 0. The first-order valence-electron chi connectivity index (χ1n) is 9.44. The molecule has 0 aromatic heterocycles. The molecule has 142 valence electrons. The summed E-state index contributed by atoms with van der Waals surface area (Å²) in [5, 5.41) is 5.84. The van der Waals surface area contributed by atoms with Crippen LogP contribution in [0.3, 0.4) is 0 Å². The lowest BCUT2D eigenvalue weighted by molar-refractivity contribution is -0.122. The predicted octanol–water partition coefficient (Wildman–Crippen LogP) is 4.25. The molecule has 2 N–H and O–H groups in total. The first-order chi connectivity index (χ1) is 13.0. The number of carbonyl (C=O) groups is 2. The average molecular weight is 366 g/mol. The van der Waals surface area contributed by atoms with Crippen LogP contribution in [0, 0.1) is 11.8 Å². The molecular formula is C22H26N2O3. The summed E-state index contributed by atoms with van der Waals surface area (Å²) in [7, 11) is 0. The SMILES string of the molecule is CCc1ccccc1NC(=O)C1CC1C(=O)Nc1ccc(OC(C)C)cc1. The minimum atomic E-state index is -0.273. The summed E-state index contributed by atoms with van der Waals surface area (Å²) in [6, 6.07) is 15.0. The van der Waals surface area contributed by atoms with E-state index in [4.69, 9.17) is 4.74 Å². The number of benzene rings is 2. The first kappa shape index (κ1) is 19.0. The van der Waals surface area contributed by atoms with Crippen LogP contribution in [0.4, 0.5) is 11.4 Å². The van der Waals surface area contributed by atoms with Crippen molar-refractivity contribution in [2.45, 2.75) is 39.7 Å². The van der Waals surface area contributed by atoms with Gasteiger partial charge in [-0.1, -0.05) is 25.1 Å². The molecule has 0 aliphatic heterocycles. The number of anilines is 2. The molecule has 1 aliphatic carbocycles. The molecule has 2 aromatic rings. The predicted molar refractivity (Wildman–Crippen MR) is 107 cm³/mol. The summed E-state index contributed by atoms with van der Waals surface area (Å²) < 4.78 is 5.59. The molecule has 1 fully saturated rings. The molecule has 0 spiro atoms. The van der Waals surface area contributed by atoms with Crippen molar-refractivity contribution in [3.63, 3.8) is 0 Å². The number of amides is 2. The Balaban J connectivity index is 1.53. The number of hydrogen-bond acceptors (Lipinski definition) is 3. The molecule has 0 bridgehead atoms. The van der Waals surface area contributed by atoms with Crippen LogP contribution in [0.5, 0.6) is 5.75 Å². The van der Waals surface area contributed by atoms with E-state index in [1.54, 1.807) is 0 Å². The van der Waals surface area contributed by atoms with Crippen LogP contribution in [-0.4, -0.2) is 17.9 Å². The third-order valence-corrected chi connectivity index (χ3v) is 4.61. The normalized spacial score (nSPS) is 18.1. The van der Waals surface area contributed by atoms with E-state index in [1.807, 2.05) is 62.4 Å². The number of nitrogens with one attached hydrogen (secondary N) is 2. The largest absolute Gasteiger partial charge is 0.491 e. The summed E-state index contributed by atoms with van der Waals surface area (Å²) in [5.74, 6) is 0.0262. The Morgan fingerprint density at radius 2 is 1.63 bits per heavy atom. The van der Waals surface area contributed by atoms with Crippen LogP contribution in [0.2, 0.25) is 0 Å². The van der Waals surface area contributed by atoms with Crippen LogP contribution >= 0.6 is 0 Å². The standard InChI is InChI=1S/C22H26N2O3/c1-4-15-7-5-6-8-20(15)24-22(26)19-13-18(19)21(25)23-16-9-11-17(12-10-16)27-14(2)3/h5-12,14,18-19H,4,13H2,1-3H3,(H,23,25)(H,24,26). The molecule has 3 rings (SSSR count). The molecule has 5 heteroatoms. The van der Waals surface area contributed by atoms with Crippen LogP contribution < -0.4 is 15.4 Å². The molecule has 1 aliphatic rings. The third-order valence-electron chi connectivity index (χ3n) is 4.61. The second-order valence-electron chi connectivity index (χ2n) is 7.13. The zero-order valence-corrected chi connectivity index (χ0v) is 16.0. The number of carbonyl (C=O) groups excluding carboxylic acids is 2. The highest BCUT2D eigenvalue weighted by Gasteiger charge is 2.48. The fraction of sp³-hybridized carbons (Fsp3) is 0.364. The lowest BCUT2D eigenvalue weighted by Gasteiger charge is -2.11. The molecule has 5 nitrogen and oxygen atoms in total. The monoisotopic (exact) mass is 366 g/mol. The number of aryl methyl sites for hydroxylation is 1. The van der Waals surface area contributed by atoms with E-state index in [-0.39, 0.29) is 29.8 Å². The van der Waals surface area contributed by atoms with Crippen molar-refractivity contribution in [2.24, 2.45) is 11.8 Å². The van der Waals surface area contributed by atoms with Crippen molar-refractivity contribution in [3.8, 4) is 5.75 Å².